The SMILES string of the molecule is CCCCNC1CCC(C(=O)O)C(C)(C)C1C. The fourth-order valence-electron chi connectivity index (χ4n) is 2.99. The van der Waals surface area contributed by atoms with E-state index in [1.54, 1.807) is 0 Å². The van der Waals surface area contributed by atoms with E-state index >= 15 is 0 Å². The van der Waals surface area contributed by atoms with Gasteiger partial charge in [-0.25, -0.2) is 0 Å². The number of carboxylic acid groups (broad SMARTS) is 1. The molecule has 0 aromatic heterocycles. The van der Waals surface area contributed by atoms with Gasteiger partial charge < -0.3 is 10.4 Å². The largest absolute Gasteiger partial charge is 0.481 e. The molecular formula is C14H27NO2. The molecular weight excluding hydrogens is 214 g/mol. The second kappa shape index (κ2) is 5.85. The Morgan fingerprint density at radius 1 is 1.41 bits per heavy atom. The van der Waals surface area contributed by atoms with Crippen LogP contribution in [0.5, 0.6) is 0 Å². The number of nitrogens with one attached hydrogen (secondary N) is 1. The Morgan fingerprint density at radius 2 is 2.06 bits per heavy atom. The molecule has 0 saturated heterocycles. The molecule has 0 aromatic carbocycles. The zero-order valence-corrected chi connectivity index (χ0v) is 11.6. The van der Waals surface area contributed by atoms with Gasteiger partial charge in [0.05, 0.1) is 5.92 Å². The Morgan fingerprint density at radius 3 is 2.59 bits per heavy atom. The summed E-state index contributed by atoms with van der Waals surface area (Å²) in [4.78, 5) is 11.3. The molecule has 3 nitrogen and oxygen atoms in total. The predicted molar refractivity (Wildman–Crippen MR) is 70.0 cm³/mol. The van der Waals surface area contributed by atoms with Crippen molar-refractivity contribution < 1.29 is 9.90 Å². The van der Waals surface area contributed by atoms with Gasteiger partial charge in [-0.2, -0.15) is 0 Å². The Labute approximate surface area is 105 Å². The molecule has 1 rings (SSSR count). The van der Waals surface area contributed by atoms with Crippen LogP contribution in [0, 0.1) is 17.3 Å². The van der Waals surface area contributed by atoms with Crippen molar-refractivity contribution in [3.05, 3.63) is 0 Å². The van der Waals surface area contributed by atoms with Crippen LogP contribution in [0.25, 0.3) is 0 Å². The van der Waals surface area contributed by atoms with Crippen molar-refractivity contribution in [2.75, 3.05) is 6.54 Å². The normalized spacial score (nSPS) is 32.4. The van der Waals surface area contributed by atoms with Crippen molar-refractivity contribution in [3.63, 3.8) is 0 Å². The molecule has 0 spiro atoms. The Balaban J connectivity index is 2.61. The average Bonchev–Trinajstić information content (AvgIpc) is 2.24. The van der Waals surface area contributed by atoms with Crippen LogP contribution >= 0.6 is 0 Å². The molecule has 3 heteroatoms. The monoisotopic (exact) mass is 241 g/mol. The minimum atomic E-state index is -0.631. The van der Waals surface area contributed by atoms with Crippen molar-refractivity contribution in [2.24, 2.45) is 17.3 Å². The molecule has 0 amide bonds. The van der Waals surface area contributed by atoms with Gasteiger partial charge in [-0.05, 0) is 37.1 Å². The van der Waals surface area contributed by atoms with Gasteiger partial charge in [0.2, 0.25) is 0 Å². The molecule has 1 aliphatic rings. The van der Waals surface area contributed by atoms with Gasteiger partial charge in [0.1, 0.15) is 0 Å². The molecule has 100 valence electrons. The molecule has 1 aliphatic carbocycles. The molecule has 0 aliphatic heterocycles. The molecule has 0 radical (unpaired) electrons. The molecule has 1 saturated carbocycles. The van der Waals surface area contributed by atoms with Crippen LogP contribution in [0.15, 0.2) is 0 Å². The van der Waals surface area contributed by atoms with Crippen molar-refractivity contribution in [3.8, 4) is 0 Å². The van der Waals surface area contributed by atoms with Crippen LogP contribution in [0.2, 0.25) is 0 Å². The van der Waals surface area contributed by atoms with Gasteiger partial charge in [0.15, 0.2) is 0 Å². The maximum absolute atomic E-state index is 11.3. The number of rotatable bonds is 5. The van der Waals surface area contributed by atoms with E-state index in [2.05, 4.69) is 33.0 Å². The minimum absolute atomic E-state index is 0.117. The van der Waals surface area contributed by atoms with Crippen LogP contribution < -0.4 is 5.32 Å². The van der Waals surface area contributed by atoms with Crippen molar-refractivity contribution in [1.29, 1.82) is 0 Å². The molecule has 0 heterocycles. The first kappa shape index (κ1) is 14.5. The lowest BCUT2D eigenvalue weighted by atomic mass is 9.61. The number of carbonyl (C=O) groups is 1. The van der Waals surface area contributed by atoms with E-state index in [-0.39, 0.29) is 11.3 Å². The van der Waals surface area contributed by atoms with Crippen molar-refractivity contribution in [2.45, 2.75) is 59.4 Å². The zero-order valence-electron chi connectivity index (χ0n) is 11.6. The van der Waals surface area contributed by atoms with Crippen LogP contribution in [-0.2, 0) is 4.79 Å². The molecule has 0 aromatic rings. The van der Waals surface area contributed by atoms with Gasteiger partial charge in [-0.15, -0.1) is 0 Å². The second-order valence-corrected chi connectivity index (χ2v) is 5.99. The fourth-order valence-corrected chi connectivity index (χ4v) is 2.99. The highest BCUT2D eigenvalue weighted by Gasteiger charge is 2.45. The Kier molecular flexibility index (Phi) is 4.99. The Hall–Kier alpha value is -0.570. The average molecular weight is 241 g/mol. The van der Waals surface area contributed by atoms with Gasteiger partial charge in [-0.3, -0.25) is 4.79 Å². The number of hydrogen-bond acceptors (Lipinski definition) is 2. The zero-order chi connectivity index (χ0) is 13.1. The van der Waals surface area contributed by atoms with E-state index in [9.17, 15) is 9.90 Å². The predicted octanol–water partition coefficient (Wildman–Crippen LogP) is 2.90. The summed E-state index contributed by atoms with van der Waals surface area (Å²) in [6, 6.07) is 0.479. The van der Waals surface area contributed by atoms with Crippen LogP contribution in [-0.4, -0.2) is 23.7 Å². The summed E-state index contributed by atoms with van der Waals surface area (Å²) in [5.74, 6) is -0.412. The molecule has 2 N–H and O–H groups in total. The summed E-state index contributed by atoms with van der Waals surface area (Å²) >= 11 is 0. The van der Waals surface area contributed by atoms with E-state index in [0.29, 0.717) is 12.0 Å². The summed E-state index contributed by atoms with van der Waals surface area (Å²) in [5.41, 5.74) is -0.117. The fraction of sp³-hybridized carbons (Fsp3) is 0.929. The minimum Gasteiger partial charge on any atom is -0.481 e. The number of aliphatic carboxylic acids is 1. The summed E-state index contributed by atoms with van der Waals surface area (Å²) in [6.07, 6.45) is 4.20. The van der Waals surface area contributed by atoms with Crippen molar-refractivity contribution >= 4 is 5.97 Å². The second-order valence-electron chi connectivity index (χ2n) is 5.99. The number of hydrogen-bond donors (Lipinski definition) is 2. The number of carboxylic acids is 1. The quantitative estimate of drug-likeness (QED) is 0.728. The highest BCUT2D eigenvalue weighted by Crippen LogP contribution is 2.44. The van der Waals surface area contributed by atoms with Gasteiger partial charge >= 0.3 is 5.97 Å². The summed E-state index contributed by atoms with van der Waals surface area (Å²) in [5, 5.41) is 12.9. The summed E-state index contributed by atoms with van der Waals surface area (Å²) < 4.78 is 0. The molecule has 1 fully saturated rings. The first-order valence-electron chi connectivity index (χ1n) is 6.87. The van der Waals surface area contributed by atoms with E-state index in [4.69, 9.17) is 0 Å². The first-order valence-corrected chi connectivity index (χ1v) is 6.87. The lowest BCUT2D eigenvalue weighted by molar-refractivity contribution is -0.150. The van der Waals surface area contributed by atoms with E-state index in [0.717, 1.165) is 19.4 Å². The van der Waals surface area contributed by atoms with E-state index in [1.807, 2.05) is 0 Å². The van der Waals surface area contributed by atoms with Crippen LogP contribution in [0.4, 0.5) is 0 Å². The third-order valence-electron chi connectivity index (χ3n) is 4.68. The van der Waals surface area contributed by atoms with Gasteiger partial charge in [0.25, 0.3) is 0 Å². The maximum atomic E-state index is 11.3. The van der Waals surface area contributed by atoms with E-state index in [1.165, 1.54) is 12.8 Å². The van der Waals surface area contributed by atoms with Gasteiger partial charge in [0, 0.05) is 6.04 Å². The van der Waals surface area contributed by atoms with Gasteiger partial charge in [-0.1, -0.05) is 34.1 Å². The van der Waals surface area contributed by atoms with E-state index < -0.39 is 5.97 Å². The molecule has 17 heavy (non-hydrogen) atoms. The summed E-state index contributed by atoms with van der Waals surface area (Å²) in [6.45, 7) is 9.64. The molecule has 3 atom stereocenters. The highest BCUT2D eigenvalue weighted by molar-refractivity contribution is 5.71. The van der Waals surface area contributed by atoms with Crippen molar-refractivity contribution in [1.82, 2.24) is 5.32 Å². The standard InChI is InChI=1S/C14H27NO2/c1-5-6-9-15-12-8-7-11(13(16)17)14(3,4)10(12)2/h10-12,15H,5-9H2,1-4H3,(H,16,17). The first-order chi connectivity index (χ1) is 7.91. The topological polar surface area (TPSA) is 49.3 Å². The molecule has 0 bridgehead atoms. The Bertz CT molecular complexity index is 263. The number of unbranched alkanes of at least 4 members (excludes halogenated alkanes) is 1. The lowest BCUT2D eigenvalue weighted by Crippen LogP contribution is -2.51. The maximum Gasteiger partial charge on any atom is 0.307 e. The lowest BCUT2D eigenvalue weighted by Gasteiger charge is -2.46. The highest BCUT2D eigenvalue weighted by atomic mass is 16.4. The van der Waals surface area contributed by atoms with Crippen LogP contribution in [0.1, 0.15) is 53.4 Å². The third-order valence-corrected chi connectivity index (χ3v) is 4.68. The smallest absolute Gasteiger partial charge is 0.307 e. The van der Waals surface area contributed by atoms with Crippen LogP contribution in [0.3, 0.4) is 0 Å². The summed E-state index contributed by atoms with van der Waals surface area (Å²) in [7, 11) is 0. The molecule has 3 unspecified atom stereocenters. The third kappa shape index (κ3) is 3.21.